The smallest absolute Gasteiger partial charge is 0.439 e. The van der Waals surface area contributed by atoms with Gasteiger partial charge in [0.25, 0.3) is 0 Å². The van der Waals surface area contributed by atoms with Gasteiger partial charge in [0.1, 0.15) is 0 Å². The van der Waals surface area contributed by atoms with E-state index in [1.807, 2.05) is 0 Å². The Bertz CT molecular complexity index is 416. The largest absolute Gasteiger partial charge is 0.476 e. The van der Waals surface area contributed by atoms with Crippen molar-refractivity contribution in [2.24, 2.45) is 23.2 Å². The number of hydrogen-bond donors (Lipinski definition) is 1. The van der Waals surface area contributed by atoms with Crippen LogP contribution in [0.3, 0.4) is 0 Å². The van der Waals surface area contributed by atoms with Crippen LogP contribution in [0.1, 0.15) is 38.5 Å². The molecule has 0 radical (unpaired) electrons. The molecule has 0 heterocycles. The summed E-state index contributed by atoms with van der Waals surface area (Å²) in [6.45, 7) is -0.00796. The molecule has 114 valence electrons. The highest BCUT2D eigenvalue weighted by Gasteiger charge is 2.53. The zero-order valence-electron chi connectivity index (χ0n) is 11.0. The maximum atomic E-state index is 13.1. The Balaban J connectivity index is 1.64. The van der Waals surface area contributed by atoms with Crippen LogP contribution in [0, 0.1) is 23.2 Å². The lowest BCUT2D eigenvalue weighted by molar-refractivity contribution is -0.154. The molecular weight excluding hydrogens is 290 g/mol. The molecule has 4 bridgehead atoms. The Hall–Kier alpha value is -0.560. The van der Waals surface area contributed by atoms with Gasteiger partial charge in [-0.05, 0) is 61.7 Å². The molecule has 4 aliphatic carbocycles. The fourth-order valence-electron chi connectivity index (χ4n) is 4.79. The van der Waals surface area contributed by atoms with Crippen molar-refractivity contribution >= 4 is 17.0 Å². The van der Waals surface area contributed by atoms with Crippen molar-refractivity contribution in [3.05, 3.63) is 0 Å². The lowest BCUT2D eigenvalue weighted by Gasteiger charge is -2.56. The van der Waals surface area contributed by atoms with E-state index in [2.05, 4.69) is 0 Å². The van der Waals surface area contributed by atoms with Crippen molar-refractivity contribution in [3.63, 3.8) is 0 Å². The Kier molecular flexibility index (Phi) is 3.40. The number of halogens is 2. The number of carbonyl (C=O) groups is 1. The van der Waals surface area contributed by atoms with Gasteiger partial charge in [-0.2, -0.15) is 8.78 Å². The summed E-state index contributed by atoms with van der Waals surface area (Å²) >= 11 is -3.11. The number of hydrogen-bond acceptors (Lipinski definition) is 3. The van der Waals surface area contributed by atoms with Gasteiger partial charge in [-0.3, -0.25) is 4.18 Å². The molecule has 0 aromatic heterocycles. The van der Waals surface area contributed by atoms with Gasteiger partial charge in [-0.15, -0.1) is 0 Å². The second-order valence-corrected chi connectivity index (χ2v) is 7.95. The first-order chi connectivity index (χ1) is 9.31. The van der Waals surface area contributed by atoms with E-state index in [0.29, 0.717) is 17.8 Å². The molecule has 4 fully saturated rings. The Morgan fingerprint density at radius 3 is 2.05 bits per heavy atom. The molecule has 4 aliphatic rings. The first kappa shape index (κ1) is 14.4. The molecule has 20 heavy (non-hydrogen) atoms. The fraction of sp³-hybridized carbons (Fsp3) is 0.923. The molecule has 4 nitrogen and oxygen atoms in total. The first-order valence-corrected chi connectivity index (χ1v) is 8.05. The van der Waals surface area contributed by atoms with Crippen LogP contribution in [0.2, 0.25) is 0 Å². The highest BCUT2D eigenvalue weighted by Crippen LogP contribution is 2.60. The second-order valence-electron chi connectivity index (χ2n) is 6.74. The normalized spacial score (nSPS) is 40.8. The van der Waals surface area contributed by atoms with E-state index in [9.17, 15) is 17.8 Å². The molecule has 0 aromatic rings. The summed E-state index contributed by atoms with van der Waals surface area (Å²) in [7, 11) is 0. The van der Waals surface area contributed by atoms with Crippen LogP contribution in [0.25, 0.3) is 0 Å². The summed E-state index contributed by atoms with van der Waals surface area (Å²) in [6.07, 6.45) is 6.47. The minimum atomic E-state index is -4.33. The molecule has 4 saturated carbocycles. The molecular formula is C13H18F2O4S. The van der Waals surface area contributed by atoms with Crippen LogP contribution in [0.15, 0.2) is 0 Å². The third-order valence-corrected chi connectivity index (χ3v) is 6.02. The van der Waals surface area contributed by atoms with Crippen molar-refractivity contribution in [1.82, 2.24) is 0 Å². The van der Waals surface area contributed by atoms with Gasteiger partial charge < -0.3 is 5.11 Å². The Morgan fingerprint density at radius 2 is 1.65 bits per heavy atom. The topological polar surface area (TPSA) is 63.6 Å². The zero-order chi connectivity index (χ0) is 14.5. The van der Waals surface area contributed by atoms with Crippen molar-refractivity contribution < 1.29 is 27.1 Å². The van der Waals surface area contributed by atoms with Gasteiger partial charge >= 0.3 is 11.2 Å². The molecule has 7 heteroatoms. The maximum absolute atomic E-state index is 13.1. The molecule has 0 saturated heterocycles. The molecule has 1 N–H and O–H groups in total. The Labute approximate surface area is 118 Å². The highest BCUT2D eigenvalue weighted by atomic mass is 32.2. The summed E-state index contributed by atoms with van der Waals surface area (Å²) in [5, 5.41) is 4.02. The molecule has 0 aromatic carbocycles. The van der Waals surface area contributed by atoms with Gasteiger partial charge in [-0.25, -0.2) is 9.00 Å². The molecule has 1 unspecified atom stereocenters. The maximum Gasteiger partial charge on any atom is 0.439 e. The van der Waals surface area contributed by atoms with Crippen LogP contribution in [-0.4, -0.2) is 27.1 Å². The SMILES string of the molecule is O=C(O)C(F)(F)S(=O)OCC12CC3CC(CC(C3)C1)C2. The molecule has 1 atom stereocenters. The minimum absolute atomic E-state index is 0.00796. The van der Waals surface area contributed by atoms with E-state index >= 15 is 0 Å². The highest BCUT2D eigenvalue weighted by molar-refractivity contribution is 7.82. The van der Waals surface area contributed by atoms with Crippen molar-refractivity contribution in [2.75, 3.05) is 6.61 Å². The van der Waals surface area contributed by atoms with Crippen molar-refractivity contribution in [2.45, 2.75) is 43.8 Å². The average Bonchev–Trinajstić information content (AvgIpc) is 2.34. The number of rotatable bonds is 5. The van der Waals surface area contributed by atoms with Crippen LogP contribution in [0.4, 0.5) is 8.78 Å². The monoisotopic (exact) mass is 308 g/mol. The van der Waals surface area contributed by atoms with Gasteiger partial charge in [0.2, 0.25) is 11.1 Å². The fourth-order valence-corrected chi connectivity index (χ4v) is 5.44. The number of carboxylic acid groups (broad SMARTS) is 1. The summed E-state index contributed by atoms with van der Waals surface area (Å²) in [5.74, 6) is -0.490. The van der Waals surface area contributed by atoms with Crippen LogP contribution < -0.4 is 0 Å². The van der Waals surface area contributed by atoms with Gasteiger partial charge in [0.15, 0.2) is 0 Å². The summed E-state index contributed by atoms with van der Waals surface area (Å²) in [5.41, 5.74) is -0.154. The second kappa shape index (κ2) is 4.73. The third kappa shape index (κ3) is 2.39. The molecule has 0 aliphatic heterocycles. The van der Waals surface area contributed by atoms with Crippen LogP contribution >= 0.6 is 0 Å². The van der Waals surface area contributed by atoms with E-state index < -0.39 is 22.3 Å². The Morgan fingerprint density at radius 1 is 1.20 bits per heavy atom. The summed E-state index contributed by atoms with van der Waals surface area (Å²) < 4.78 is 42.3. The van der Waals surface area contributed by atoms with E-state index in [1.165, 1.54) is 19.3 Å². The van der Waals surface area contributed by atoms with E-state index in [0.717, 1.165) is 19.3 Å². The minimum Gasteiger partial charge on any atom is -0.476 e. The van der Waals surface area contributed by atoms with Crippen LogP contribution in [0.5, 0.6) is 0 Å². The van der Waals surface area contributed by atoms with Crippen molar-refractivity contribution in [3.8, 4) is 0 Å². The van der Waals surface area contributed by atoms with Gasteiger partial charge in [0.05, 0.1) is 6.61 Å². The number of carboxylic acids is 1. The number of aliphatic carboxylic acids is 1. The zero-order valence-corrected chi connectivity index (χ0v) is 11.8. The van der Waals surface area contributed by atoms with Gasteiger partial charge in [0, 0.05) is 0 Å². The average molecular weight is 308 g/mol. The molecule has 0 spiro atoms. The lowest BCUT2D eigenvalue weighted by Crippen LogP contribution is -2.48. The first-order valence-electron chi connectivity index (χ1n) is 6.97. The van der Waals surface area contributed by atoms with E-state index in [-0.39, 0.29) is 12.0 Å². The molecule has 0 amide bonds. The van der Waals surface area contributed by atoms with Crippen molar-refractivity contribution in [1.29, 1.82) is 0 Å². The van der Waals surface area contributed by atoms with E-state index in [1.54, 1.807) is 0 Å². The number of alkyl halides is 2. The quantitative estimate of drug-likeness (QED) is 0.848. The van der Waals surface area contributed by atoms with Gasteiger partial charge in [-0.1, -0.05) is 0 Å². The lowest BCUT2D eigenvalue weighted by atomic mass is 9.50. The predicted molar refractivity (Wildman–Crippen MR) is 67.3 cm³/mol. The summed E-state index contributed by atoms with van der Waals surface area (Å²) in [4.78, 5) is 10.4. The predicted octanol–water partition coefficient (Wildman–Crippen LogP) is 2.56. The van der Waals surface area contributed by atoms with Crippen LogP contribution in [-0.2, 0) is 20.1 Å². The third-order valence-electron chi connectivity index (χ3n) is 5.10. The summed E-state index contributed by atoms with van der Waals surface area (Å²) in [6, 6.07) is 0. The van der Waals surface area contributed by atoms with E-state index in [4.69, 9.17) is 9.29 Å². The molecule has 4 rings (SSSR count). The standard InChI is InChI=1S/C13H18F2O4S/c14-13(15,11(16)17)20(18)19-7-12-4-8-1-9(5-12)3-10(2-8)6-12/h8-10H,1-7H2,(H,16,17).